The molecule has 5 nitrogen and oxygen atoms in total. The molecule has 0 bridgehead atoms. The lowest BCUT2D eigenvalue weighted by Gasteiger charge is -2.26. The smallest absolute Gasteiger partial charge is 0.343 e. The predicted molar refractivity (Wildman–Crippen MR) is 157 cm³/mol. The van der Waals surface area contributed by atoms with Crippen LogP contribution in [0.25, 0.3) is 10.8 Å². The van der Waals surface area contributed by atoms with E-state index in [1.54, 1.807) is 30.3 Å². The number of halogens is 1. The van der Waals surface area contributed by atoms with E-state index >= 15 is 0 Å². The molecule has 0 amide bonds. The van der Waals surface area contributed by atoms with Gasteiger partial charge in [-0.3, -0.25) is 0 Å². The Morgan fingerprint density at radius 2 is 1.33 bits per heavy atom. The van der Waals surface area contributed by atoms with Gasteiger partial charge in [0.2, 0.25) is 0 Å². The van der Waals surface area contributed by atoms with Crippen molar-refractivity contribution in [2.45, 2.75) is 39.5 Å². The first kappa shape index (κ1) is 28.3. The van der Waals surface area contributed by atoms with Gasteiger partial charge in [-0.15, -0.1) is 12.4 Å². The minimum absolute atomic E-state index is 0. The number of hydrogen-bond donors (Lipinski definition) is 0. The Morgan fingerprint density at radius 3 is 1.95 bits per heavy atom. The van der Waals surface area contributed by atoms with Crippen LogP contribution in [0, 0.1) is 13.8 Å². The maximum Gasteiger partial charge on any atom is 0.343 e. The number of carbonyl (C=O) groups excluding carboxylic acids is 2. The lowest BCUT2D eigenvalue weighted by Crippen LogP contribution is -2.31. The van der Waals surface area contributed by atoms with Gasteiger partial charge in [0.1, 0.15) is 11.5 Å². The quantitative estimate of drug-likeness (QED) is 0.180. The average molecular weight is 544 g/mol. The molecule has 1 fully saturated rings. The lowest BCUT2D eigenvalue weighted by atomic mass is 10.00. The van der Waals surface area contributed by atoms with Crippen LogP contribution < -0.4 is 9.47 Å². The SMILES string of the molecule is Cc1ccc(C(=O)Oc2cc(OC(=O)c3ccc(C)cc3)c3c(CCN4CCCCC4)cccc3c2)cc1.Cl. The summed E-state index contributed by atoms with van der Waals surface area (Å²) in [5.74, 6) is -0.169. The highest BCUT2D eigenvalue weighted by Crippen LogP contribution is 2.35. The van der Waals surface area contributed by atoms with Gasteiger partial charge in [-0.05, 0) is 87.5 Å². The zero-order valence-corrected chi connectivity index (χ0v) is 23.3. The van der Waals surface area contributed by atoms with E-state index in [1.807, 2.05) is 56.3 Å². The van der Waals surface area contributed by atoms with Crippen LogP contribution in [0.15, 0.2) is 78.9 Å². The van der Waals surface area contributed by atoms with Crippen LogP contribution >= 0.6 is 12.4 Å². The topological polar surface area (TPSA) is 55.8 Å². The molecule has 6 heteroatoms. The highest BCUT2D eigenvalue weighted by molar-refractivity contribution is 5.98. The van der Waals surface area contributed by atoms with Gasteiger partial charge in [-0.1, -0.05) is 60.0 Å². The molecule has 39 heavy (non-hydrogen) atoms. The summed E-state index contributed by atoms with van der Waals surface area (Å²) in [5.41, 5.74) is 4.17. The van der Waals surface area contributed by atoms with Gasteiger partial charge in [0, 0.05) is 18.0 Å². The van der Waals surface area contributed by atoms with Crippen molar-refractivity contribution in [1.82, 2.24) is 4.90 Å². The van der Waals surface area contributed by atoms with Gasteiger partial charge in [0.05, 0.1) is 11.1 Å². The molecule has 0 radical (unpaired) electrons. The van der Waals surface area contributed by atoms with Crippen LogP contribution in [0.4, 0.5) is 0 Å². The third-order valence-corrected chi connectivity index (χ3v) is 7.13. The Balaban J connectivity index is 0.00000353. The highest BCUT2D eigenvalue weighted by Gasteiger charge is 2.18. The van der Waals surface area contributed by atoms with Crippen molar-refractivity contribution in [3.63, 3.8) is 0 Å². The van der Waals surface area contributed by atoms with E-state index in [9.17, 15) is 9.59 Å². The largest absolute Gasteiger partial charge is 0.423 e. The number of esters is 2. The number of hydrogen-bond acceptors (Lipinski definition) is 5. The Morgan fingerprint density at radius 1 is 0.744 bits per heavy atom. The van der Waals surface area contributed by atoms with Gasteiger partial charge in [0.15, 0.2) is 0 Å². The first-order chi connectivity index (χ1) is 18.5. The summed E-state index contributed by atoms with van der Waals surface area (Å²) in [6, 6.07) is 24.1. The maximum absolute atomic E-state index is 13.1. The second kappa shape index (κ2) is 12.9. The standard InChI is InChI=1S/C33H33NO4.ClH/c1-23-9-13-26(14-10-23)32(35)37-29-21-28-8-6-7-25(17-20-34-18-4-3-5-19-34)31(28)30(22-29)38-33(36)27-15-11-24(2)12-16-27;/h6-16,21-22H,3-5,17-20H2,1-2H3;1H. The molecule has 4 aromatic carbocycles. The van der Waals surface area contributed by atoms with Gasteiger partial charge in [-0.2, -0.15) is 0 Å². The molecule has 1 heterocycles. The molecule has 1 aliphatic heterocycles. The Kier molecular flexibility index (Phi) is 9.39. The second-order valence-corrected chi connectivity index (χ2v) is 10.1. The monoisotopic (exact) mass is 543 g/mol. The van der Waals surface area contributed by atoms with Crippen molar-refractivity contribution in [1.29, 1.82) is 0 Å². The molecule has 4 aromatic rings. The fourth-order valence-corrected chi connectivity index (χ4v) is 4.95. The van der Waals surface area contributed by atoms with E-state index in [2.05, 4.69) is 11.0 Å². The molecule has 0 unspecified atom stereocenters. The maximum atomic E-state index is 13.1. The van der Waals surface area contributed by atoms with E-state index in [4.69, 9.17) is 9.47 Å². The number of carbonyl (C=O) groups is 2. The van der Waals surface area contributed by atoms with Crippen molar-refractivity contribution in [2.75, 3.05) is 19.6 Å². The molecule has 0 aromatic heterocycles. The number of aryl methyl sites for hydroxylation is 2. The van der Waals surface area contributed by atoms with Gasteiger partial charge in [0.25, 0.3) is 0 Å². The number of benzene rings is 4. The van der Waals surface area contributed by atoms with Crippen LogP contribution in [0.1, 0.15) is 56.7 Å². The summed E-state index contributed by atoms with van der Waals surface area (Å²) in [4.78, 5) is 28.5. The second-order valence-electron chi connectivity index (χ2n) is 10.1. The van der Waals surface area contributed by atoms with Crippen LogP contribution in [0.5, 0.6) is 11.5 Å². The molecule has 5 rings (SSSR count). The molecule has 1 saturated heterocycles. The lowest BCUT2D eigenvalue weighted by molar-refractivity contribution is 0.0734. The first-order valence-corrected chi connectivity index (χ1v) is 13.3. The van der Waals surface area contributed by atoms with Crippen molar-refractivity contribution in [3.05, 3.63) is 107 Å². The van der Waals surface area contributed by atoms with Crippen molar-refractivity contribution >= 4 is 35.1 Å². The Labute approximate surface area is 236 Å². The highest BCUT2D eigenvalue weighted by atomic mass is 35.5. The molecule has 0 aliphatic carbocycles. The molecular weight excluding hydrogens is 510 g/mol. The van der Waals surface area contributed by atoms with E-state index in [0.717, 1.165) is 53.5 Å². The van der Waals surface area contributed by atoms with Crippen LogP contribution in [-0.2, 0) is 6.42 Å². The van der Waals surface area contributed by atoms with E-state index in [0.29, 0.717) is 22.6 Å². The van der Waals surface area contributed by atoms with E-state index in [-0.39, 0.29) is 12.4 Å². The molecule has 0 saturated carbocycles. The molecular formula is C33H34ClNO4. The normalized spacial score (nSPS) is 13.5. The Hall–Kier alpha value is -3.67. The number of ether oxygens (including phenoxy) is 2. The summed E-state index contributed by atoms with van der Waals surface area (Å²) in [6.07, 6.45) is 4.62. The summed E-state index contributed by atoms with van der Waals surface area (Å²) < 4.78 is 11.7. The third kappa shape index (κ3) is 7.05. The van der Waals surface area contributed by atoms with Crippen LogP contribution in [-0.4, -0.2) is 36.5 Å². The van der Waals surface area contributed by atoms with Crippen LogP contribution in [0.2, 0.25) is 0 Å². The molecule has 1 aliphatic rings. The average Bonchev–Trinajstić information content (AvgIpc) is 2.93. The van der Waals surface area contributed by atoms with Crippen LogP contribution in [0.3, 0.4) is 0 Å². The number of fused-ring (bicyclic) bond motifs is 1. The summed E-state index contributed by atoms with van der Waals surface area (Å²) in [6.45, 7) is 7.14. The van der Waals surface area contributed by atoms with E-state index in [1.165, 1.54) is 19.3 Å². The molecule has 0 atom stereocenters. The van der Waals surface area contributed by atoms with Gasteiger partial charge >= 0.3 is 11.9 Å². The third-order valence-electron chi connectivity index (χ3n) is 7.13. The zero-order chi connectivity index (χ0) is 26.5. The summed E-state index contributed by atoms with van der Waals surface area (Å²) >= 11 is 0. The number of piperidine rings is 1. The fourth-order valence-electron chi connectivity index (χ4n) is 4.95. The number of likely N-dealkylation sites (tertiary alicyclic amines) is 1. The van der Waals surface area contributed by atoms with Crippen molar-refractivity contribution in [2.24, 2.45) is 0 Å². The van der Waals surface area contributed by atoms with Crippen molar-refractivity contribution in [3.8, 4) is 11.5 Å². The number of nitrogens with zero attached hydrogens (tertiary/aromatic N) is 1. The summed E-state index contributed by atoms with van der Waals surface area (Å²) in [7, 11) is 0. The van der Waals surface area contributed by atoms with Crippen molar-refractivity contribution < 1.29 is 19.1 Å². The zero-order valence-electron chi connectivity index (χ0n) is 22.4. The molecule has 0 N–H and O–H groups in total. The molecule has 202 valence electrons. The Bertz CT molecular complexity index is 1440. The van der Waals surface area contributed by atoms with Gasteiger partial charge in [-0.25, -0.2) is 9.59 Å². The summed E-state index contributed by atoms with van der Waals surface area (Å²) in [5, 5.41) is 1.74. The molecule has 0 spiro atoms. The minimum atomic E-state index is -0.457. The minimum Gasteiger partial charge on any atom is -0.423 e. The fraction of sp³-hybridized carbons (Fsp3) is 0.273. The number of rotatable bonds is 7. The van der Waals surface area contributed by atoms with E-state index < -0.39 is 11.9 Å². The van der Waals surface area contributed by atoms with Gasteiger partial charge < -0.3 is 14.4 Å². The predicted octanol–water partition coefficient (Wildman–Crippen LogP) is 7.35. The first-order valence-electron chi connectivity index (χ1n) is 13.3.